The zero-order valence-corrected chi connectivity index (χ0v) is 21.4. The second kappa shape index (κ2) is 8.58. The third-order valence-electron chi connectivity index (χ3n) is 10.3. The minimum absolute atomic E-state index is 0.0577. The molecule has 0 aliphatic heterocycles. The van der Waals surface area contributed by atoms with Crippen LogP contribution in [0.5, 0.6) is 0 Å². The fourth-order valence-corrected chi connectivity index (χ4v) is 8.53. The minimum Gasteiger partial charge on any atom is -0.393 e. The highest BCUT2D eigenvalue weighted by Gasteiger charge is 2.61. The first-order chi connectivity index (χ1) is 15.0. The summed E-state index contributed by atoms with van der Waals surface area (Å²) in [4.78, 5) is 14.6. The summed E-state index contributed by atoms with van der Waals surface area (Å²) in [7, 11) is 4.32. The molecular formula is C28H46N2O2. The van der Waals surface area contributed by atoms with Gasteiger partial charge in [0.2, 0.25) is 5.91 Å². The van der Waals surface area contributed by atoms with Crippen molar-refractivity contribution in [2.45, 2.75) is 97.8 Å². The Labute approximate surface area is 195 Å². The Kier molecular flexibility index (Phi) is 6.44. The van der Waals surface area contributed by atoms with Crippen molar-refractivity contribution in [2.75, 3.05) is 14.1 Å². The molecule has 4 aliphatic carbocycles. The molecule has 4 aliphatic rings. The highest BCUT2D eigenvalue weighted by atomic mass is 16.3. The Morgan fingerprint density at radius 3 is 2.59 bits per heavy atom. The number of rotatable bonds is 4. The van der Waals surface area contributed by atoms with Gasteiger partial charge < -0.3 is 15.3 Å². The van der Waals surface area contributed by atoms with Gasteiger partial charge in [-0.3, -0.25) is 4.79 Å². The van der Waals surface area contributed by atoms with Crippen molar-refractivity contribution < 1.29 is 9.90 Å². The summed E-state index contributed by atoms with van der Waals surface area (Å²) < 4.78 is 0. The van der Waals surface area contributed by atoms with Crippen LogP contribution in [0.3, 0.4) is 0 Å². The smallest absolute Gasteiger partial charge is 0.244 e. The van der Waals surface area contributed by atoms with Crippen molar-refractivity contribution in [3.63, 3.8) is 0 Å². The van der Waals surface area contributed by atoms with Crippen molar-refractivity contribution in [2.24, 2.45) is 34.5 Å². The molecule has 0 bridgehead atoms. The normalized spacial score (nSPS) is 44.1. The molecule has 4 rings (SSSR count). The lowest BCUT2D eigenvalue weighted by molar-refractivity contribution is -0.117. The number of hydrogen-bond donors (Lipinski definition) is 2. The molecule has 4 heteroatoms. The molecule has 180 valence electrons. The monoisotopic (exact) mass is 442 g/mol. The number of allylic oxidation sites excluding steroid dienone is 2. The highest BCUT2D eigenvalue weighted by molar-refractivity contribution is 5.88. The van der Waals surface area contributed by atoms with Gasteiger partial charge in [-0.15, -0.1) is 0 Å². The van der Waals surface area contributed by atoms with Gasteiger partial charge in [0.25, 0.3) is 0 Å². The Balaban J connectivity index is 1.53. The lowest BCUT2D eigenvalue weighted by Crippen LogP contribution is -2.53. The standard InChI is InChI=1S/C28H46N2O2/c1-17(2)14-25(32)29-20-10-12-27(4)19(15-20)8-9-21-22(27)11-13-28(5)23(21)16-24(31)26(28)18(3)30(6)7/h8,14,18,20-24,26,31H,9-13,15-16H2,1-7H3,(H,29,32)/t18-,20-,21+,22-,23-,24-,26-,27-,28-/m0/s1. The van der Waals surface area contributed by atoms with E-state index in [1.165, 1.54) is 19.3 Å². The fraction of sp³-hybridized carbons (Fsp3) is 0.821. The van der Waals surface area contributed by atoms with Crippen molar-refractivity contribution >= 4 is 5.91 Å². The van der Waals surface area contributed by atoms with E-state index in [-0.39, 0.29) is 28.9 Å². The molecule has 1 amide bonds. The molecule has 4 nitrogen and oxygen atoms in total. The maximum absolute atomic E-state index is 12.3. The van der Waals surface area contributed by atoms with Gasteiger partial charge in [0.15, 0.2) is 0 Å². The predicted octanol–water partition coefficient (Wildman–Crippen LogP) is 4.94. The van der Waals surface area contributed by atoms with Gasteiger partial charge in [0.1, 0.15) is 0 Å². The third-order valence-corrected chi connectivity index (χ3v) is 10.3. The maximum atomic E-state index is 12.3. The summed E-state index contributed by atoms with van der Waals surface area (Å²) in [5, 5.41) is 14.4. The maximum Gasteiger partial charge on any atom is 0.244 e. The molecule has 32 heavy (non-hydrogen) atoms. The molecule has 0 saturated heterocycles. The van der Waals surface area contributed by atoms with E-state index >= 15 is 0 Å². The van der Waals surface area contributed by atoms with Gasteiger partial charge in [0.05, 0.1) is 6.10 Å². The summed E-state index contributed by atoms with van der Waals surface area (Å²) in [5.41, 5.74) is 3.14. The van der Waals surface area contributed by atoms with Gasteiger partial charge in [-0.2, -0.15) is 0 Å². The van der Waals surface area contributed by atoms with Crippen LogP contribution in [-0.4, -0.2) is 48.2 Å². The molecule has 0 aromatic carbocycles. The second-order valence-corrected chi connectivity index (χ2v) is 12.5. The molecule has 9 atom stereocenters. The molecule has 0 spiro atoms. The first-order valence-corrected chi connectivity index (χ1v) is 13.0. The number of aliphatic hydroxyl groups excluding tert-OH is 1. The Hall–Kier alpha value is -1.13. The number of fused-ring (bicyclic) bond motifs is 5. The zero-order valence-electron chi connectivity index (χ0n) is 21.4. The lowest BCUT2D eigenvalue weighted by Gasteiger charge is -2.58. The van der Waals surface area contributed by atoms with Crippen LogP contribution in [0.25, 0.3) is 0 Å². The number of nitrogens with zero attached hydrogens (tertiary/aromatic N) is 1. The lowest BCUT2D eigenvalue weighted by atomic mass is 9.47. The fourth-order valence-electron chi connectivity index (χ4n) is 8.53. The first kappa shape index (κ1) is 24.0. The minimum atomic E-state index is -0.180. The highest BCUT2D eigenvalue weighted by Crippen LogP contribution is 2.66. The van der Waals surface area contributed by atoms with Crippen LogP contribution in [0, 0.1) is 34.5 Å². The summed E-state index contributed by atoms with van der Waals surface area (Å²) in [6.07, 6.45) is 12.0. The van der Waals surface area contributed by atoms with E-state index in [9.17, 15) is 9.90 Å². The quantitative estimate of drug-likeness (QED) is 0.479. The van der Waals surface area contributed by atoms with Crippen LogP contribution in [0.4, 0.5) is 0 Å². The molecule has 0 heterocycles. The summed E-state index contributed by atoms with van der Waals surface area (Å²) >= 11 is 0. The van der Waals surface area contributed by atoms with Gasteiger partial charge in [-0.25, -0.2) is 0 Å². The SMILES string of the molecule is CC(C)=CC(=O)N[C@H]1CC[C@@]2(C)C(=CC[C@H]3[C@@H]4C[C@H](O)[C@H]([C@H](C)N(C)C)[C@@]4(C)CC[C@@H]32)C1. The molecular weight excluding hydrogens is 396 g/mol. The van der Waals surface area contributed by atoms with E-state index in [0.717, 1.165) is 37.2 Å². The van der Waals surface area contributed by atoms with Crippen LogP contribution >= 0.6 is 0 Å². The van der Waals surface area contributed by atoms with Gasteiger partial charge in [0, 0.05) is 24.1 Å². The molecule has 0 radical (unpaired) electrons. The first-order valence-electron chi connectivity index (χ1n) is 13.0. The molecule has 0 aromatic heterocycles. The molecule has 0 aromatic rings. The van der Waals surface area contributed by atoms with E-state index in [0.29, 0.717) is 23.8 Å². The van der Waals surface area contributed by atoms with Crippen LogP contribution in [0.2, 0.25) is 0 Å². The number of carbonyl (C=O) groups excluding carboxylic acids is 1. The van der Waals surface area contributed by atoms with Crippen LogP contribution in [0.1, 0.15) is 79.6 Å². The largest absolute Gasteiger partial charge is 0.393 e. The van der Waals surface area contributed by atoms with Crippen molar-refractivity contribution in [1.29, 1.82) is 0 Å². The van der Waals surface area contributed by atoms with Crippen molar-refractivity contribution in [3.8, 4) is 0 Å². The molecule has 2 N–H and O–H groups in total. The molecule has 0 unspecified atom stereocenters. The zero-order chi connectivity index (χ0) is 23.4. The Bertz CT molecular complexity index is 797. The van der Waals surface area contributed by atoms with E-state index in [2.05, 4.69) is 51.2 Å². The average molecular weight is 443 g/mol. The van der Waals surface area contributed by atoms with Crippen molar-refractivity contribution in [1.82, 2.24) is 10.2 Å². The molecule has 3 saturated carbocycles. The van der Waals surface area contributed by atoms with Gasteiger partial charge in [-0.05, 0) is 108 Å². The number of nitrogens with one attached hydrogen (secondary N) is 1. The Morgan fingerprint density at radius 1 is 1.22 bits per heavy atom. The summed E-state index contributed by atoms with van der Waals surface area (Å²) in [6, 6.07) is 0.670. The predicted molar refractivity (Wildman–Crippen MR) is 131 cm³/mol. The van der Waals surface area contributed by atoms with Crippen LogP contribution < -0.4 is 5.32 Å². The topological polar surface area (TPSA) is 52.6 Å². The van der Waals surface area contributed by atoms with E-state index in [1.807, 2.05) is 13.8 Å². The van der Waals surface area contributed by atoms with E-state index in [1.54, 1.807) is 11.6 Å². The average Bonchev–Trinajstić information content (AvgIpc) is 2.97. The second-order valence-electron chi connectivity index (χ2n) is 12.5. The number of carbonyl (C=O) groups is 1. The van der Waals surface area contributed by atoms with Gasteiger partial charge >= 0.3 is 0 Å². The summed E-state index contributed by atoms with van der Waals surface area (Å²) in [6.45, 7) is 11.3. The number of hydrogen-bond acceptors (Lipinski definition) is 3. The van der Waals surface area contributed by atoms with Crippen LogP contribution in [-0.2, 0) is 4.79 Å². The third kappa shape index (κ3) is 3.90. The molecule has 3 fully saturated rings. The van der Waals surface area contributed by atoms with Crippen molar-refractivity contribution in [3.05, 3.63) is 23.3 Å². The Morgan fingerprint density at radius 2 is 1.94 bits per heavy atom. The van der Waals surface area contributed by atoms with Gasteiger partial charge in [-0.1, -0.05) is 31.1 Å². The number of amides is 1. The number of aliphatic hydroxyl groups is 1. The van der Waals surface area contributed by atoms with E-state index in [4.69, 9.17) is 0 Å². The van der Waals surface area contributed by atoms with Crippen LogP contribution in [0.15, 0.2) is 23.3 Å². The summed E-state index contributed by atoms with van der Waals surface area (Å²) in [5.74, 6) is 2.45. The van der Waals surface area contributed by atoms with E-state index < -0.39 is 0 Å².